The van der Waals surface area contributed by atoms with Crippen molar-refractivity contribution in [2.75, 3.05) is 16.8 Å². The molecule has 126 valence electrons. The molecule has 6 heteroatoms. The molecule has 0 unspecified atom stereocenters. The number of nitrogens with zero attached hydrogens (tertiary/aromatic N) is 2. The minimum atomic E-state index is -0.0790. The maximum absolute atomic E-state index is 12.1. The second kappa shape index (κ2) is 7.13. The summed E-state index contributed by atoms with van der Waals surface area (Å²) in [5.74, 6) is 0.504. The quantitative estimate of drug-likeness (QED) is 0.903. The van der Waals surface area contributed by atoms with Crippen LogP contribution >= 0.6 is 11.3 Å². The van der Waals surface area contributed by atoms with Gasteiger partial charge in [-0.2, -0.15) is 0 Å². The van der Waals surface area contributed by atoms with Gasteiger partial charge in [-0.05, 0) is 30.0 Å². The maximum Gasteiger partial charge on any atom is 0.230 e. The highest BCUT2D eigenvalue weighted by Crippen LogP contribution is 2.25. The van der Waals surface area contributed by atoms with Crippen LogP contribution in [0.3, 0.4) is 0 Å². The Bertz CT molecular complexity index is 737. The average molecular weight is 343 g/mol. The van der Waals surface area contributed by atoms with E-state index in [2.05, 4.69) is 24.1 Å². The smallest absolute Gasteiger partial charge is 0.230 e. The van der Waals surface area contributed by atoms with Gasteiger partial charge >= 0.3 is 0 Å². The third-order valence-electron chi connectivity index (χ3n) is 4.03. The third kappa shape index (κ3) is 3.82. The van der Waals surface area contributed by atoms with Gasteiger partial charge in [-0.1, -0.05) is 26.0 Å². The van der Waals surface area contributed by atoms with Crippen LogP contribution in [0.2, 0.25) is 0 Å². The SMILES string of the molecule is CC(C)c1cnc(NC(=O)Cc2ccc(N3CCCC3=O)cc2)s1. The van der Waals surface area contributed by atoms with Crippen molar-refractivity contribution in [1.29, 1.82) is 0 Å². The molecule has 1 N–H and O–H groups in total. The van der Waals surface area contributed by atoms with Crippen LogP contribution in [0.25, 0.3) is 0 Å². The molecular formula is C18H21N3O2S. The molecule has 0 atom stereocenters. The number of nitrogens with one attached hydrogen (secondary N) is 1. The second-order valence-corrected chi connectivity index (χ2v) is 7.33. The van der Waals surface area contributed by atoms with E-state index < -0.39 is 0 Å². The van der Waals surface area contributed by atoms with Gasteiger partial charge in [0, 0.05) is 29.7 Å². The minimum absolute atomic E-state index is 0.0790. The summed E-state index contributed by atoms with van der Waals surface area (Å²) in [6, 6.07) is 7.63. The van der Waals surface area contributed by atoms with Crippen molar-refractivity contribution in [1.82, 2.24) is 4.98 Å². The lowest BCUT2D eigenvalue weighted by molar-refractivity contribution is -0.117. The average Bonchev–Trinajstić information content (AvgIpc) is 3.17. The molecule has 0 spiro atoms. The first-order valence-corrected chi connectivity index (χ1v) is 8.99. The summed E-state index contributed by atoms with van der Waals surface area (Å²) in [4.78, 5) is 31.1. The molecule has 0 radical (unpaired) electrons. The largest absolute Gasteiger partial charge is 0.312 e. The molecule has 1 saturated heterocycles. The summed E-state index contributed by atoms with van der Waals surface area (Å²) in [6.45, 7) is 4.98. The van der Waals surface area contributed by atoms with Gasteiger partial charge in [0.05, 0.1) is 6.42 Å². The zero-order chi connectivity index (χ0) is 17.1. The Morgan fingerprint density at radius 2 is 2.08 bits per heavy atom. The predicted molar refractivity (Wildman–Crippen MR) is 96.6 cm³/mol. The summed E-state index contributed by atoms with van der Waals surface area (Å²) in [6.07, 6.45) is 3.64. The van der Waals surface area contributed by atoms with Crippen LogP contribution in [0.1, 0.15) is 43.0 Å². The molecule has 2 amide bonds. The Morgan fingerprint density at radius 1 is 1.33 bits per heavy atom. The number of thiazole rings is 1. The van der Waals surface area contributed by atoms with Gasteiger partial charge in [-0.3, -0.25) is 9.59 Å². The van der Waals surface area contributed by atoms with Gasteiger partial charge in [0.2, 0.25) is 11.8 Å². The second-order valence-electron chi connectivity index (χ2n) is 6.26. The summed E-state index contributed by atoms with van der Waals surface area (Å²) >= 11 is 1.51. The lowest BCUT2D eigenvalue weighted by Gasteiger charge is -2.15. The first-order chi connectivity index (χ1) is 11.5. The molecule has 1 fully saturated rings. The Hall–Kier alpha value is -2.21. The van der Waals surface area contributed by atoms with Crippen LogP contribution in [0.4, 0.5) is 10.8 Å². The number of rotatable bonds is 5. The van der Waals surface area contributed by atoms with Crippen molar-refractivity contribution in [2.24, 2.45) is 0 Å². The monoisotopic (exact) mass is 343 g/mol. The van der Waals surface area contributed by atoms with Crippen molar-refractivity contribution in [3.8, 4) is 0 Å². The Labute approximate surface area is 145 Å². The molecule has 1 aliphatic rings. The topological polar surface area (TPSA) is 62.3 Å². The summed E-state index contributed by atoms with van der Waals surface area (Å²) < 4.78 is 0. The number of hydrogen-bond donors (Lipinski definition) is 1. The molecule has 2 heterocycles. The molecule has 0 aliphatic carbocycles. The number of carbonyl (C=O) groups excluding carboxylic acids is 2. The van der Waals surface area contributed by atoms with E-state index in [0.717, 1.165) is 29.1 Å². The highest BCUT2D eigenvalue weighted by atomic mass is 32.1. The van der Waals surface area contributed by atoms with Gasteiger partial charge < -0.3 is 10.2 Å². The zero-order valence-electron chi connectivity index (χ0n) is 13.9. The molecule has 0 bridgehead atoms. The Balaban J connectivity index is 1.58. The summed E-state index contributed by atoms with van der Waals surface area (Å²) in [5, 5.41) is 3.49. The predicted octanol–water partition coefficient (Wildman–Crippen LogP) is 3.57. The molecule has 1 aliphatic heterocycles. The van der Waals surface area contributed by atoms with Gasteiger partial charge in [-0.15, -0.1) is 11.3 Å². The van der Waals surface area contributed by atoms with E-state index in [1.54, 1.807) is 4.90 Å². The lowest BCUT2D eigenvalue weighted by atomic mass is 10.1. The van der Waals surface area contributed by atoms with Gasteiger partial charge in [-0.25, -0.2) is 4.98 Å². The van der Waals surface area contributed by atoms with E-state index in [9.17, 15) is 9.59 Å². The van der Waals surface area contributed by atoms with Gasteiger partial charge in [0.1, 0.15) is 0 Å². The van der Waals surface area contributed by atoms with Crippen molar-refractivity contribution in [3.63, 3.8) is 0 Å². The van der Waals surface area contributed by atoms with Crippen LogP contribution in [-0.4, -0.2) is 23.3 Å². The Morgan fingerprint density at radius 3 is 2.67 bits per heavy atom. The van der Waals surface area contributed by atoms with Crippen LogP contribution in [0.15, 0.2) is 30.5 Å². The molecule has 24 heavy (non-hydrogen) atoms. The summed E-state index contributed by atoms with van der Waals surface area (Å²) in [7, 11) is 0. The van der Waals surface area contributed by atoms with Crippen molar-refractivity contribution >= 4 is 34.0 Å². The first kappa shape index (κ1) is 16.6. The third-order valence-corrected chi connectivity index (χ3v) is 5.24. The van der Waals surface area contributed by atoms with Crippen LogP contribution in [-0.2, 0) is 16.0 Å². The van der Waals surface area contributed by atoms with E-state index >= 15 is 0 Å². The number of aromatic nitrogens is 1. The molecule has 3 rings (SSSR count). The molecular weight excluding hydrogens is 322 g/mol. The molecule has 0 saturated carbocycles. The van der Waals surface area contributed by atoms with Crippen LogP contribution in [0.5, 0.6) is 0 Å². The lowest BCUT2D eigenvalue weighted by Crippen LogP contribution is -2.23. The fourth-order valence-corrected chi connectivity index (χ4v) is 3.51. The maximum atomic E-state index is 12.1. The van der Waals surface area contributed by atoms with E-state index in [1.807, 2.05) is 30.5 Å². The Kier molecular flexibility index (Phi) is 4.94. The minimum Gasteiger partial charge on any atom is -0.312 e. The van der Waals surface area contributed by atoms with Crippen molar-refractivity contribution in [3.05, 3.63) is 40.9 Å². The van der Waals surface area contributed by atoms with Crippen LogP contribution < -0.4 is 10.2 Å². The highest BCUT2D eigenvalue weighted by molar-refractivity contribution is 7.15. The number of carbonyl (C=O) groups is 2. The number of amides is 2. The first-order valence-electron chi connectivity index (χ1n) is 8.18. The molecule has 5 nitrogen and oxygen atoms in total. The van der Waals surface area contributed by atoms with Gasteiger partial charge in [0.15, 0.2) is 5.13 Å². The number of benzene rings is 1. The standard InChI is InChI=1S/C18H21N3O2S/c1-12(2)15-11-19-18(24-15)20-16(22)10-13-5-7-14(8-6-13)21-9-3-4-17(21)23/h5-8,11-12H,3-4,9-10H2,1-2H3,(H,19,20,22). The fraction of sp³-hybridized carbons (Fsp3) is 0.389. The number of anilines is 2. The van der Waals surface area contributed by atoms with E-state index in [-0.39, 0.29) is 11.8 Å². The van der Waals surface area contributed by atoms with Crippen molar-refractivity contribution < 1.29 is 9.59 Å². The molecule has 1 aromatic carbocycles. The fourth-order valence-electron chi connectivity index (χ4n) is 2.68. The van der Waals surface area contributed by atoms with Gasteiger partial charge in [0.25, 0.3) is 0 Å². The number of hydrogen-bond acceptors (Lipinski definition) is 4. The van der Waals surface area contributed by atoms with Crippen LogP contribution in [0, 0.1) is 0 Å². The highest BCUT2D eigenvalue weighted by Gasteiger charge is 2.21. The van der Waals surface area contributed by atoms with Crippen molar-refractivity contribution in [2.45, 2.75) is 39.0 Å². The molecule has 1 aromatic heterocycles. The zero-order valence-corrected chi connectivity index (χ0v) is 14.7. The normalized spacial score (nSPS) is 14.5. The van der Waals surface area contributed by atoms with E-state index in [0.29, 0.717) is 23.9 Å². The molecule has 2 aromatic rings. The van der Waals surface area contributed by atoms with E-state index in [1.165, 1.54) is 11.3 Å². The van der Waals surface area contributed by atoms with E-state index in [4.69, 9.17) is 0 Å². The summed E-state index contributed by atoms with van der Waals surface area (Å²) in [5.41, 5.74) is 1.83.